The van der Waals surface area contributed by atoms with E-state index in [0.717, 1.165) is 19.3 Å². The van der Waals surface area contributed by atoms with Crippen LogP contribution in [0.25, 0.3) is 0 Å². The van der Waals surface area contributed by atoms with Gasteiger partial charge in [-0.05, 0) is 84.1 Å². The van der Waals surface area contributed by atoms with E-state index in [9.17, 15) is 0 Å². The average Bonchev–Trinajstić information content (AvgIpc) is 2.43. The van der Waals surface area contributed by atoms with Crippen molar-refractivity contribution in [3.05, 3.63) is 11.8 Å². The molecule has 0 amide bonds. The Labute approximate surface area is 178 Å². The molecule has 0 aromatic heterocycles. The fourth-order valence-electron chi connectivity index (χ4n) is 5.40. The summed E-state index contributed by atoms with van der Waals surface area (Å²) in [5.74, 6) is 0. The van der Waals surface area contributed by atoms with Crippen molar-refractivity contribution < 1.29 is 0 Å². The normalized spacial score (nSPS) is 29.8. The number of nitrogens with one attached hydrogen (secondary N) is 1. The van der Waals surface area contributed by atoms with Crippen molar-refractivity contribution >= 4 is 29.7 Å². The highest BCUT2D eigenvalue weighted by Crippen LogP contribution is 2.37. The molecular formula is C22H40IN3. The molecule has 150 valence electrons. The van der Waals surface area contributed by atoms with Gasteiger partial charge in [0.25, 0.3) is 0 Å². The summed E-state index contributed by atoms with van der Waals surface area (Å²) >= 11 is 0. The van der Waals surface area contributed by atoms with Crippen molar-refractivity contribution in [3.8, 4) is 0 Å². The Kier molecular flexibility index (Phi) is 6.91. The minimum atomic E-state index is 0. The predicted molar refractivity (Wildman–Crippen MR) is 124 cm³/mol. The molecule has 26 heavy (non-hydrogen) atoms. The lowest BCUT2D eigenvalue weighted by molar-refractivity contribution is 0.164. The number of aliphatic imine (C=N–C) groups is 1. The Morgan fingerprint density at radius 3 is 2.08 bits per heavy atom. The number of hydrogen-bond donors (Lipinski definition) is 1. The summed E-state index contributed by atoms with van der Waals surface area (Å²) in [4.78, 5) is 7.94. The summed E-state index contributed by atoms with van der Waals surface area (Å²) in [6.07, 6.45) is 11.1. The van der Waals surface area contributed by atoms with Crippen molar-refractivity contribution in [1.82, 2.24) is 10.2 Å². The summed E-state index contributed by atoms with van der Waals surface area (Å²) in [5, 5.41) is 3.78. The van der Waals surface area contributed by atoms with Crippen LogP contribution in [-0.4, -0.2) is 40.8 Å². The lowest BCUT2D eigenvalue weighted by Gasteiger charge is -2.45. The molecule has 1 aliphatic carbocycles. The Hall–Kier alpha value is -0.100. The van der Waals surface area contributed by atoms with Crippen LogP contribution < -0.4 is 5.32 Å². The van der Waals surface area contributed by atoms with Gasteiger partial charge in [0.05, 0.1) is 6.04 Å². The topological polar surface area (TPSA) is 27.6 Å². The summed E-state index contributed by atoms with van der Waals surface area (Å²) in [6, 6.07) is 0.439. The summed E-state index contributed by atoms with van der Waals surface area (Å²) in [6.45, 7) is 16.6. The fraction of sp³-hybridized carbons (Fsp3) is 0.864. The molecule has 0 unspecified atom stereocenters. The van der Waals surface area contributed by atoms with E-state index in [1.807, 2.05) is 0 Å². The van der Waals surface area contributed by atoms with Gasteiger partial charge >= 0.3 is 0 Å². The highest BCUT2D eigenvalue weighted by Gasteiger charge is 2.38. The zero-order chi connectivity index (χ0) is 18.3. The third kappa shape index (κ3) is 5.95. The minimum absolute atomic E-state index is 0. The van der Waals surface area contributed by atoms with Crippen LogP contribution in [0.4, 0.5) is 0 Å². The van der Waals surface area contributed by atoms with Gasteiger partial charge < -0.3 is 10.2 Å². The highest BCUT2D eigenvalue weighted by molar-refractivity contribution is 14.0. The van der Waals surface area contributed by atoms with Crippen molar-refractivity contribution in [2.75, 3.05) is 13.1 Å². The molecule has 3 aliphatic rings. The van der Waals surface area contributed by atoms with E-state index < -0.39 is 0 Å². The standard InChI is InChI=1S/C22H39N3.HI/c1-20(2)13-17(12-19(16-20)25-10-8-7-9-11-25)23-18-14-21(3,4)24-22(5,6)15-18;/h12,18,24H,7-11,13-16H2,1-6H3;1H. The van der Waals surface area contributed by atoms with E-state index in [1.54, 1.807) is 5.70 Å². The predicted octanol–water partition coefficient (Wildman–Crippen LogP) is 5.54. The fourth-order valence-corrected chi connectivity index (χ4v) is 5.40. The van der Waals surface area contributed by atoms with E-state index in [4.69, 9.17) is 4.99 Å². The maximum atomic E-state index is 5.30. The average molecular weight is 473 g/mol. The van der Waals surface area contributed by atoms with Gasteiger partial charge in [0.15, 0.2) is 0 Å². The molecule has 0 saturated carbocycles. The van der Waals surface area contributed by atoms with E-state index in [-0.39, 0.29) is 35.1 Å². The largest absolute Gasteiger partial charge is 0.375 e. The third-order valence-corrected chi connectivity index (χ3v) is 5.93. The van der Waals surface area contributed by atoms with Crippen LogP contribution >= 0.6 is 24.0 Å². The van der Waals surface area contributed by atoms with Crippen LogP contribution in [0.1, 0.15) is 86.5 Å². The molecule has 1 N–H and O–H groups in total. The molecule has 0 aromatic rings. The van der Waals surface area contributed by atoms with E-state index in [0.29, 0.717) is 11.5 Å². The van der Waals surface area contributed by atoms with Gasteiger partial charge in [-0.15, -0.1) is 24.0 Å². The van der Waals surface area contributed by atoms with Crippen molar-refractivity contribution in [2.24, 2.45) is 10.4 Å². The van der Waals surface area contributed by atoms with Gasteiger partial charge in [0, 0.05) is 35.6 Å². The molecule has 0 radical (unpaired) electrons. The van der Waals surface area contributed by atoms with Crippen LogP contribution in [0, 0.1) is 5.41 Å². The van der Waals surface area contributed by atoms with Crippen molar-refractivity contribution in [2.45, 2.75) is 104 Å². The van der Waals surface area contributed by atoms with Crippen molar-refractivity contribution in [1.29, 1.82) is 0 Å². The Morgan fingerprint density at radius 1 is 0.923 bits per heavy atom. The zero-order valence-corrected chi connectivity index (χ0v) is 20.2. The van der Waals surface area contributed by atoms with Gasteiger partial charge in [0.2, 0.25) is 0 Å². The van der Waals surface area contributed by atoms with Gasteiger partial charge in [-0.2, -0.15) is 0 Å². The molecule has 0 bridgehead atoms. The van der Waals surface area contributed by atoms with Crippen LogP contribution in [-0.2, 0) is 0 Å². The molecule has 3 rings (SSSR count). The van der Waals surface area contributed by atoms with E-state index in [1.165, 1.54) is 44.5 Å². The number of nitrogens with zero attached hydrogens (tertiary/aromatic N) is 2. The van der Waals surface area contributed by atoms with Gasteiger partial charge in [-0.3, -0.25) is 4.99 Å². The maximum Gasteiger partial charge on any atom is 0.0537 e. The monoisotopic (exact) mass is 473 g/mol. The first-order chi connectivity index (χ1) is 11.5. The number of likely N-dealkylation sites (tertiary alicyclic amines) is 1. The molecule has 0 atom stereocenters. The van der Waals surface area contributed by atoms with Gasteiger partial charge in [-0.1, -0.05) is 13.8 Å². The number of rotatable bonds is 2. The van der Waals surface area contributed by atoms with Crippen molar-refractivity contribution in [3.63, 3.8) is 0 Å². The van der Waals surface area contributed by atoms with Crippen LogP contribution in [0.5, 0.6) is 0 Å². The second-order valence-corrected chi connectivity index (χ2v) is 10.8. The molecule has 2 aliphatic heterocycles. The second kappa shape index (κ2) is 8.10. The van der Waals surface area contributed by atoms with E-state index in [2.05, 4.69) is 57.8 Å². The number of hydrogen-bond acceptors (Lipinski definition) is 3. The third-order valence-electron chi connectivity index (χ3n) is 5.93. The van der Waals surface area contributed by atoms with E-state index >= 15 is 0 Å². The molecule has 0 spiro atoms. The number of allylic oxidation sites excluding steroid dienone is 2. The first kappa shape index (κ1) is 22.2. The quantitative estimate of drug-likeness (QED) is 0.533. The van der Waals surface area contributed by atoms with Crippen LogP contribution in [0.3, 0.4) is 0 Å². The highest BCUT2D eigenvalue weighted by atomic mass is 127. The molecule has 4 heteroatoms. The zero-order valence-electron chi connectivity index (χ0n) is 17.8. The molecule has 0 aromatic carbocycles. The first-order valence-corrected chi connectivity index (χ1v) is 10.4. The number of halogens is 1. The second-order valence-electron chi connectivity index (χ2n) is 10.8. The van der Waals surface area contributed by atoms with Gasteiger partial charge in [0.1, 0.15) is 0 Å². The smallest absolute Gasteiger partial charge is 0.0537 e. The molecule has 3 nitrogen and oxygen atoms in total. The maximum absolute atomic E-state index is 5.30. The molecule has 2 saturated heterocycles. The summed E-state index contributed by atoms with van der Waals surface area (Å²) in [5.41, 5.74) is 3.55. The Bertz CT molecular complexity index is 538. The SMILES string of the molecule is CC1(C)CC(N2CCCCC2)=CC(=NC2CC(C)(C)NC(C)(C)C2)C1.I. The molecule has 2 heterocycles. The number of piperidine rings is 2. The first-order valence-electron chi connectivity index (χ1n) is 10.4. The van der Waals surface area contributed by atoms with Gasteiger partial charge in [-0.25, -0.2) is 0 Å². The molecular weight excluding hydrogens is 433 g/mol. The minimum Gasteiger partial charge on any atom is -0.375 e. The lowest BCUT2D eigenvalue weighted by atomic mass is 9.77. The molecule has 2 fully saturated rings. The van der Waals surface area contributed by atoms with Crippen LogP contribution in [0.15, 0.2) is 16.8 Å². The summed E-state index contributed by atoms with van der Waals surface area (Å²) < 4.78 is 0. The Balaban J connectivity index is 0.00000243. The van der Waals surface area contributed by atoms with Crippen LogP contribution in [0.2, 0.25) is 0 Å². The lowest BCUT2D eigenvalue weighted by Crippen LogP contribution is -2.59. The Morgan fingerprint density at radius 2 is 1.50 bits per heavy atom. The summed E-state index contributed by atoms with van der Waals surface area (Å²) in [7, 11) is 0.